The minimum absolute atomic E-state index is 0.0315. The molecule has 0 fully saturated rings. The van der Waals surface area contributed by atoms with Crippen molar-refractivity contribution in [1.82, 2.24) is 10.6 Å². The number of para-hydroxylation sites is 1. The van der Waals surface area contributed by atoms with E-state index in [9.17, 15) is 4.79 Å². The third kappa shape index (κ3) is 3.89. The number of amides is 1. The fourth-order valence-electron chi connectivity index (χ4n) is 1.83. The number of benzene rings is 1. The molecular formula is C13H20ClN3O. The molecule has 5 heteroatoms. The average Bonchev–Trinajstić information content (AvgIpc) is 2.36. The lowest BCUT2D eigenvalue weighted by molar-refractivity contribution is -0.120. The molecule has 18 heavy (non-hydrogen) atoms. The highest BCUT2D eigenvalue weighted by atomic mass is 35.5. The molecule has 100 valence electrons. The van der Waals surface area contributed by atoms with E-state index in [1.54, 1.807) is 7.05 Å². The minimum atomic E-state index is 0.0315. The summed E-state index contributed by atoms with van der Waals surface area (Å²) in [5.74, 6) is 0.0315. The van der Waals surface area contributed by atoms with E-state index in [-0.39, 0.29) is 5.91 Å². The van der Waals surface area contributed by atoms with E-state index in [0.717, 1.165) is 17.8 Å². The first-order chi connectivity index (χ1) is 8.60. The van der Waals surface area contributed by atoms with Gasteiger partial charge in [-0.3, -0.25) is 4.79 Å². The summed E-state index contributed by atoms with van der Waals surface area (Å²) < 4.78 is 0. The van der Waals surface area contributed by atoms with E-state index in [1.807, 2.05) is 37.2 Å². The molecule has 1 amide bonds. The third-order valence-electron chi connectivity index (χ3n) is 2.77. The maximum atomic E-state index is 11.3. The zero-order valence-electron chi connectivity index (χ0n) is 11.1. The van der Waals surface area contributed by atoms with E-state index in [4.69, 9.17) is 11.6 Å². The SMILES string of the molecule is CNCc1cccc(Cl)c1N(C)CCC(=O)NC. The largest absolute Gasteiger partial charge is 0.373 e. The Labute approximate surface area is 113 Å². The van der Waals surface area contributed by atoms with Gasteiger partial charge in [0.05, 0.1) is 10.7 Å². The molecule has 1 aromatic carbocycles. The van der Waals surface area contributed by atoms with Gasteiger partial charge in [0.2, 0.25) is 5.91 Å². The van der Waals surface area contributed by atoms with Crippen LogP contribution < -0.4 is 15.5 Å². The van der Waals surface area contributed by atoms with Crippen LogP contribution in [0.1, 0.15) is 12.0 Å². The smallest absolute Gasteiger partial charge is 0.221 e. The maximum Gasteiger partial charge on any atom is 0.221 e. The second-order valence-electron chi connectivity index (χ2n) is 4.12. The molecule has 0 spiro atoms. The molecule has 0 bridgehead atoms. The van der Waals surface area contributed by atoms with Gasteiger partial charge < -0.3 is 15.5 Å². The van der Waals surface area contributed by atoms with Crippen molar-refractivity contribution < 1.29 is 4.79 Å². The van der Waals surface area contributed by atoms with E-state index >= 15 is 0 Å². The highest BCUT2D eigenvalue weighted by molar-refractivity contribution is 6.33. The number of halogens is 1. The first-order valence-corrected chi connectivity index (χ1v) is 6.31. The van der Waals surface area contributed by atoms with Gasteiger partial charge in [-0.25, -0.2) is 0 Å². The molecule has 0 aliphatic rings. The van der Waals surface area contributed by atoms with Crippen LogP contribution in [0.5, 0.6) is 0 Å². The minimum Gasteiger partial charge on any atom is -0.373 e. The van der Waals surface area contributed by atoms with Crippen molar-refractivity contribution in [3.05, 3.63) is 28.8 Å². The summed E-state index contributed by atoms with van der Waals surface area (Å²) in [6.07, 6.45) is 0.456. The Morgan fingerprint density at radius 3 is 2.72 bits per heavy atom. The molecule has 0 heterocycles. The Kier molecular flexibility index (Phi) is 5.95. The fraction of sp³-hybridized carbons (Fsp3) is 0.462. The third-order valence-corrected chi connectivity index (χ3v) is 3.08. The van der Waals surface area contributed by atoms with Crippen LogP contribution in [0.2, 0.25) is 5.02 Å². The van der Waals surface area contributed by atoms with Gasteiger partial charge in [0.15, 0.2) is 0 Å². The molecule has 4 nitrogen and oxygen atoms in total. The number of carbonyl (C=O) groups excluding carboxylic acids is 1. The van der Waals surface area contributed by atoms with Crippen LogP contribution in [0, 0.1) is 0 Å². The summed E-state index contributed by atoms with van der Waals surface area (Å²) in [6, 6.07) is 5.84. The van der Waals surface area contributed by atoms with Crippen LogP contribution in [0.4, 0.5) is 5.69 Å². The van der Waals surface area contributed by atoms with Crippen LogP contribution in [-0.4, -0.2) is 33.6 Å². The molecule has 0 saturated carbocycles. The number of nitrogens with zero attached hydrogens (tertiary/aromatic N) is 1. The van der Waals surface area contributed by atoms with Gasteiger partial charge in [0, 0.05) is 33.6 Å². The Bertz CT molecular complexity index is 409. The standard InChI is InChI=1S/C13H20ClN3O/c1-15-9-10-5-4-6-11(14)13(10)17(3)8-7-12(18)16-2/h4-6,15H,7-9H2,1-3H3,(H,16,18). The van der Waals surface area contributed by atoms with Gasteiger partial charge in [0.1, 0.15) is 0 Å². The van der Waals surface area contributed by atoms with E-state index in [2.05, 4.69) is 10.6 Å². The van der Waals surface area contributed by atoms with Crippen molar-refractivity contribution >= 4 is 23.2 Å². The molecule has 0 aliphatic heterocycles. The van der Waals surface area contributed by atoms with Gasteiger partial charge in [-0.1, -0.05) is 23.7 Å². The maximum absolute atomic E-state index is 11.3. The number of carbonyl (C=O) groups is 1. The zero-order chi connectivity index (χ0) is 13.5. The highest BCUT2D eigenvalue weighted by Gasteiger charge is 2.12. The predicted molar refractivity (Wildman–Crippen MR) is 76.2 cm³/mol. The molecule has 2 N–H and O–H groups in total. The number of nitrogens with one attached hydrogen (secondary N) is 2. The summed E-state index contributed by atoms with van der Waals surface area (Å²) in [5, 5.41) is 6.44. The number of rotatable bonds is 6. The Morgan fingerprint density at radius 2 is 2.11 bits per heavy atom. The summed E-state index contributed by atoms with van der Waals surface area (Å²) in [7, 11) is 5.49. The fourth-order valence-corrected chi connectivity index (χ4v) is 2.17. The predicted octanol–water partition coefficient (Wildman–Crippen LogP) is 1.63. The summed E-state index contributed by atoms with van der Waals surface area (Å²) in [4.78, 5) is 13.3. The van der Waals surface area contributed by atoms with Crippen molar-refractivity contribution in [3.8, 4) is 0 Å². The topological polar surface area (TPSA) is 44.4 Å². The number of anilines is 1. The molecule has 1 rings (SSSR count). The van der Waals surface area contributed by atoms with Crippen LogP contribution in [0.15, 0.2) is 18.2 Å². The van der Waals surface area contributed by atoms with Crippen molar-refractivity contribution in [3.63, 3.8) is 0 Å². The monoisotopic (exact) mass is 269 g/mol. The number of hydrogen-bond acceptors (Lipinski definition) is 3. The van der Waals surface area contributed by atoms with Crippen LogP contribution in [-0.2, 0) is 11.3 Å². The lowest BCUT2D eigenvalue weighted by Gasteiger charge is -2.23. The lowest BCUT2D eigenvalue weighted by atomic mass is 10.1. The van der Waals surface area contributed by atoms with Gasteiger partial charge in [-0.15, -0.1) is 0 Å². The van der Waals surface area contributed by atoms with Gasteiger partial charge in [-0.2, -0.15) is 0 Å². The molecule has 0 radical (unpaired) electrons. The second kappa shape index (κ2) is 7.24. The van der Waals surface area contributed by atoms with Gasteiger partial charge in [0.25, 0.3) is 0 Å². The first-order valence-electron chi connectivity index (χ1n) is 5.93. The van der Waals surface area contributed by atoms with Crippen molar-refractivity contribution in [2.45, 2.75) is 13.0 Å². The van der Waals surface area contributed by atoms with E-state index in [0.29, 0.717) is 18.0 Å². The van der Waals surface area contributed by atoms with Crippen molar-refractivity contribution in [2.75, 3.05) is 32.6 Å². The molecule has 0 saturated heterocycles. The van der Waals surface area contributed by atoms with Gasteiger partial charge >= 0.3 is 0 Å². The average molecular weight is 270 g/mol. The summed E-state index contributed by atoms with van der Waals surface area (Å²) in [6.45, 7) is 1.39. The van der Waals surface area contributed by atoms with E-state index < -0.39 is 0 Å². The van der Waals surface area contributed by atoms with Gasteiger partial charge in [-0.05, 0) is 18.7 Å². The zero-order valence-corrected chi connectivity index (χ0v) is 11.8. The lowest BCUT2D eigenvalue weighted by Crippen LogP contribution is -2.27. The Balaban J connectivity index is 2.83. The van der Waals surface area contributed by atoms with Crippen molar-refractivity contribution in [2.24, 2.45) is 0 Å². The summed E-state index contributed by atoms with van der Waals surface area (Å²) in [5.41, 5.74) is 2.11. The molecule has 0 atom stereocenters. The summed E-state index contributed by atoms with van der Waals surface area (Å²) >= 11 is 6.24. The van der Waals surface area contributed by atoms with Crippen LogP contribution >= 0.6 is 11.6 Å². The Morgan fingerprint density at radius 1 is 1.39 bits per heavy atom. The van der Waals surface area contributed by atoms with Crippen LogP contribution in [0.25, 0.3) is 0 Å². The molecular weight excluding hydrogens is 250 g/mol. The molecule has 0 aliphatic carbocycles. The Hall–Kier alpha value is -1.26. The molecule has 0 unspecified atom stereocenters. The van der Waals surface area contributed by atoms with E-state index in [1.165, 1.54) is 0 Å². The second-order valence-corrected chi connectivity index (χ2v) is 4.53. The van der Waals surface area contributed by atoms with Crippen LogP contribution in [0.3, 0.4) is 0 Å². The number of hydrogen-bond donors (Lipinski definition) is 2. The highest BCUT2D eigenvalue weighted by Crippen LogP contribution is 2.29. The van der Waals surface area contributed by atoms with Crippen molar-refractivity contribution in [1.29, 1.82) is 0 Å². The quantitative estimate of drug-likeness (QED) is 0.825. The molecule has 0 aromatic heterocycles. The first kappa shape index (κ1) is 14.8. The normalized spacial score (nSPS) is 10.2. The molecule has 1 aromatic rings.